The molecule has 2 unspecified atom stereocenters. The number of aliphatic carboxylic acids is 2. The number of carboxylic acid groups (broad SMARTS) is 2. The van der Waals surface area contributed by atoms with Gasteiger partial charge in [0.2, 0.25) is 0 Å². The number of ether oxygens (including phenoxy) is 2. The number of carboxylic acids is 2. The van der Waals surface area contributed by atoms with Crippen molar-refractivity contribution in [3.63, 3.8) is 0 Å². The summed E-state index contributed by atoms with van der Waals surface area (Å²) >= 11 is 0. The van der Waals surface area contributed by atoms with Crippen molar-refractivity contribution in [2.75, 3.05) is 19.8 Å². The molecule has 240 valence electrons. The summed E-state index contributed by atoms with van der Waals surface area (Å²) in [5.41, 5.74) is 1.24. The van der Waals surface area contributed by atoms with Crippen molar-refractivity contribution >= 4 is 39.4 Å². The molecule has 1 aromatic heterocycles. The summed E-state index contributed by atoms with van der Waals surface area (Å²) in [4.78, 5) is 35.9. The van der Waals surface area contributed by atoms with Crippen LogP contribution in [0.5, 0.6) is 0 Å². The fourth-order valence-corrected chi connectivity index (χ4v) is 5.46. The number of unbranched alkanes of at least 4 members (excludes halogenated alkanes) is 6. The molecular formula is C36H43NO8. The molecule has 0 aliphatic carbocycles. The standard InChI is InChI=1S/C36H43NO8/c38-32(39)25-45-34(36(41)42)33(43-22-12-4-5-13-26-19-20-27-14-7-8-15-28(27)23-26)35(40)37-21-11-3-1-2-6-18-31-30-17-10-9-16-29(30)24-44-31/h7-10,14-17,19-20,23-24,33-34H,1-6,11-13,18,21-22,25H2,(H,37,40)(H,38,39)(H,41,42). The summed E-state index contributed by atoms with van der Waals surface area (Å²) in [6, 6.07) is 22.8. The largest absolute Gasteiger partial charge is 0.480 e. The molecule has 0 fully saturated rings. The lowest BCUT2D eigenvalue weighted by Crippen LogP contribution is -2.49. The summed E-state index contributed by atoms with van der Waals surface area (Å²) in [5, 5.41) is 26.1. The molecule has 3 N–H and O–H groups in total. The van der Waals surface area contributed by atoms with Gasteiger partial charge in [0.1, 0.15) is 12.4 Å². The number of benzene rings is 3. The number of furan rings is 1. The van der Waals surface area contributed by atoms with Crippen LogP contribution in [-0.2, 0) is 36.7 Å². The van der Waals surface area contributed by atoms with E-state index < -0.39 is 36.7 Å². The Morgan fingerprint density at radius 3 is 2.20 bits per heavy atom. The van der Waals surface area contributed by atoms with Gasteiger partial charge in [0, 0.05) is 30.3 Å². The summed E-state index contributed by atoms with van der Waals surface area (Å²) in [6.07, 6.45) is 7.39. The Bertz CT molecular complexity index is 1530. The van der Waals surface area contributed by atoms with E-state index in [-0.39, 0.29) is 6.61 Å². The third kappa shape index (κ3) is 10.7. The van der Waals surface area contributed by atoms with Gasteiger partial charge in [-0.25, -0.2) is 9.59 Å². The van der Waals surface area contributed by atoms with E-state index in [1.54, 1.807) is 6.26 Å². The minimum Gasteiger partial charge on any atom is -0.480 e. The van der Waals surface area contributed by atoms with E-state index in [1.807, 2.05) is 30.3 Å². The lowest BCUT2D eigenvalue weighted by atomic mass is 10.0. The van der Waals surface area contributed by atoms with Gasteiger partial charge in [0.15, 0.2) is 12.2 Å². The zero-order chi connectivity index (χ0) is 31.9. The van der Waals surface area contributed by atoms with E-state index in [0.717, 1.165) is 74.3 Å². The molecule has 0 saturated carbocycles. The van der Waals surface area contributed by atoms with E-state index in [0.29, 0.717) is 13.0 Å². The molecule has 0 bridgehead atoms. The highest BCUT2D eigenvalue weighted by molar-refractivity contribution is 5.88. The second-order valence-electron chi connectivity index (χ2n) is 11.3. The van der Waals surface area contributed by atoms with Crippen molar-refractivity contribution < 1.29 is 38.5 Å². The van der Waals surface area contributed by atoms with Crippen molar-refractivity contribution in [2.24, 2.45) is 0 Å². The molecular weight excluding hydrogens is 574 g/mol. The topological polar surface area (TPSA) is 135 Å². The zero-order valence-electron chi connectivity index (χ0n) is 25.6. The third-order valence-electron chi connectivity index (χ3n) is 7.85. The Kier molecular flexibility index (Phi) is 13.4. The molecule has 1 heterocycles. The number of hydrogen-bond donors (Lipinski definition) is 3. The van der Waals surface area contributed by atoms with E-state index in [1.165, 1.54) is 16.3 Å². The number of amides is 1. The molecule has 4 aromatic rings. The maximum Gasteiger partial charge on any atom is 0.336 e. The van der Waals surface area contributed by atoms with Gasteiger partial charge in [-0.05, 0) is 48.4 Å². The Hall–Kier alpha value is -4.21. The highest BCUT2D eigenvalue weighted by Crippen LogP contribution is 2.23. The molecule has 2 atom stereocenters. The number of fused-ring (bicyclic) bond motifs is 2. The molecule has 1 amide bonds. The number of rotatable bonds is 21. The molecule has 0 aliphatic rings. The average molecular weight is 618 g/mol. The zero-order valence-corrected chi connectivity index (χ0v) is 25.6. The normalized spacial score (nSPS) is 12.7. The SMILES string of the molecule is O=C(O)COC(C(=O)O)C(OCCCCCc1ccc2ccccc2c1)C(=O)NCCCCCCCc1occ2ccccc12. The van der Waals surface area contributed by atoms with Gasteiger partial charge in [-0.15, -0.1) is 0 Å². The monoisotopic (exact) mass is 617 g/mol. The van der Waals surface area contributed by atoms with Gasteiger partial charge in [-0.1, -0.05) is 92.4 Å². The smallest absolute Gasteiger partial charge is 0.336 e. The summed E-state index contributed by atoms with van der Waals surface area (Å²) < 4.78 is 16.5. The number of carbonyl (C=O) groups excluding carboxylic acids is 1. The highest BCUT2D eigenvalue weighted by Gasteiger charge is 2.36. The van der Waals surface area contributed by atoms with Crippen LogP contribution in [0.3, 0.4) is 0 Å². The van der Waals surface area contributed by atoms with Gasteiger partial charge in [0.25, 0.3) is 5.91 Å². The molecule has 0 aliphatic heterocycles. The molecule has 0 saturated heterocycles. The summed E-state index contributed by atoms with van der Waals surface area (Å²) in [5.74, 6) is -2.38. The molecule has 4 rings (SSSR count). The number of carbonyl (C=O) groups is 3. The Balaban J connectivity index is 1.16. The summed E-state index contributed by atoms with van der Waals surface area (Å²) in [7, 11) is 0. The van der Waals surface area contributed by atoms with Crippen molar-refractivity contribution in [3.8, 4) is 0 Å². The van der Waals surface area contributed by atoms with Crippen LogP contribution in [0.25, 0.3) is 21.5 Å². The fraction of sp³-hybridized carbons (Fsp3) is 0.417. The average Bonchev–Trinajstić information content (AvgIpc) is 3.45. The fourth-order valence-electron chi connectivity index (χ4n) is 5.46. The van der Waals surface area contributed by atoms with Gasteiger partial charge in [0.05, 0.1) is 6.26 Å². The van der Waals surface area contributed by atoms with Crippen molar-refractivity contribution in [1.29, 1.82) is 0 Å². The van der Waals surface area contributed by atoms with Crippen LogP contribution in [0.4, 0.5) is 0 Å². The van der Waals surface area contributed by atoms with Gasteiger partial charge in [-0.3, -0.25) is 4.79 Å². The molecule has 45 heavy (non-hydrogen) atoms. The van der Waals surface area contributed by atoms with E-state index in [2.05, 4.69) is 41.7 Å². The predicted octanol–water partition coefficient (Wildman–Crippen LogP) is 6.55. The highest BCUT2D eigenvalue weighted by atomic mass is 16.6. The van der Waals surface area contributed by atoms with Crippen LogP contribution < -0.4 is 5.32 Å². The van der Waals surface area contributed by atoms with Crippen molar-refractivity contribution in [3.05, 3.63) is 84.3 Å². The lowest BCUT2D eigenvalue weighted by molar-refractivity contribution is -0.172. The minimum absolute atomic E-state index is 0.154. The first-order valence-electron chi connectivity index (χ1n) is 15.8. The van der Waals surface area contributed by atoms with Gasteiger partial charge in [-0.2, -0.15) is 0 Å². The second-order valence-corrected chi connectivity index (χ2v) is 11.3. The molecule has 0 spiro atoms. The molecule has 9 heteroatoms. The van der Waals surface area contributed by atoms with Gasteiger partial charge < -0.3 is 29.4 Å². The first-order valence-corrected chi connectivity index (χ1v) is 15.8. The maximum absolute atomic E-state index is 13.0. The molecule has 0 radical (unpaired) electrons. The Morgan fingerprint density at radius 2 is 1.40 bits per heavy atom. The first-order chi connectivity index (χ1) is 21.9. The van der Waals surface area contributed by atoms with Crippen LogP contribution in [0.15, 0.2) is 77.4 Å². The lowest BCUT2D eigenvalue weighted by Gasteiger charge is -2.23. The van der Waals surface area contributed by atoms with E-state index in [9.17, 15) is 19.5 Å². The van der Waals surface area contributed by atoms with Crippen LogP contribution >= 0.6 is 0 Å². The quantitative estimate of drug-likeness (QED) is 0.0897. The maximum atomic E-state index is 13.0. The number of nitrogens with one attached hydrogen (secondary N) is 1. The predicted molar refractivity (Wildman–Crippen MR) is 172 cm³/mol. The van der Waals surface area contributed by atoms with Crippen molar-refractivity contribution in [1.82, 2.24) is 5.32 Å². The van der Waals surface area contributed by atoms with Crippen LogP contribution in [-0.4, -0.2) is 60.0 Å². The first kappa shape index (κ1) is 33.7. The van der Waals surface area contributed by atoms with Gasteiger partial charge >= 0.3 is 11.9 Å². The van der Waals surface area contributed by atoms with Crippen LogP contribution in [0.2, 0.25) is 0 Å². The Labute approximate surface area is 263 Å². The molecule has 3 aromatic carbocycles. The summed E-state index contributed by atoms with van der Waals surface area (Å²) in [6.45, 7) is -0.330. The van der Waals surface area contributed by atoms with E-state index in [4.69, 9.17) is 19.0 Å². The Morgan fingerprint density at radius 1 is 0.711 bits per heavy atom. The molecule has 9 nitrogen and oxygen atoms in total. The minimum atomic E-state index is -1.73. The van der Waals surface area contributed by atoms with Crippen LogP contribution in [0, 0.1) is 0 Å². The number of aryl methyl sites for hydroxylation is 2. The third-order valence-corrected chi connectivity index (χ3v) is 7.85. The van der Waals surface area contributed by atoms with Crippen LogP contribution in [0.1, 0.15) is 62.7 Å². The van der Waals surface area contributed by atoms with E-state index >= 15 is 0 Å². The number of hydrogen-bond acceptors (Lipinski definition) is 6. The second kappa shape index (κ2) is 17.9. The van der Waals surface area contributed by atoms with Crippen molar-refractivity contribution in [2.45, 2.75) is 76.4 Å².